The summed E-state index contributed by atoms with van der Waals surface area (Å²) in [4.78, 5) is 31.3. The lowest BCUT2D eigenvalue weighted by Gasteiger charge is -2.31. The van der Waals surface area contributed by atoms with E-state index in [0.29, 0.717) is 0 Å². The summed E-state index contributed by atoms with van der Waals surface area (Å²) in [7, 11) is 1.49. The zero-order valence-electron chi connectivity index (χ0n) is 14.0. The van der Waals surface area contributed by atoms with Crippen LogP contribution < -0.4 is 9.47 Å². The highest BCUT2D eigenvalue weighted by atomic mass is 19.3. The average Bonchev–Trinajstić information content (AvgIpc) is 2.59. The van der Waals surface area contributed by atoms with Crippen molar-refractivity contribution >= 4 is 24.1 Å². The summed E-state index contributed by atoms with van der Waals surface area (Å²) in [6.07, 6.45) is -7.77. The van der Waals surface area contributed by atoms with Crippen LogP contribution in [-0.4, -0.2) is 43.4 Å². The summed E-state index contributed by atoms with van der Waals surface area (Å²) in [6.45, 7) is 3.50. The summed E-state index contributed by atoms with van der Waals surface area (Å²) in [5, 5.41) is 0. The second-order valence-corrected chi connectivity index (χ2v) is 5.42. The molecule has 0 radical (unpaired) electrons. The van der Waals surface area contributed by atoms with Crippen LogP contribution in [0.25, 0.3) is 0 Å². The van der Waals surface area contributed by atoms with Gasteiger partial charge in [-0.2, -0.15) is 17.6 Å². The molecule has 1 aliphatic rings. The molecule has 10 heteroatoms. The van der Waals surface area contributed by atoms with Gasteiger partial charge in [0.15, 0.2) is 23.1 Å². The van der Waals surface area contributed by atoms with Crippen LogP contribution in [0.15, 0.2) is 40.3 Å². The molecule has 2 rings (SSSR count). The van der Waals surface area contributed by atoms with Crippen LogP contribution in [0.5, 0.6) is 11.5 Å². The zero-order valence-corrected chi connectivity index (χ0v) is 14.0. The van der Waals surface area contributed by atoms with Crippen molar-refractivity contribution in [3.8, 4) is 11.5 Å². The molecule has 0 fully saturated rings. The Balaban J connectivity index is 2.04. The Morgan fingerprint density at radius 1 is 1.11 bits per heavy atom. The van der Waals surface area contributed by atoms with Crippen molar-refractivity contribution in [3.05, 3.63) is 35.9 Å². The van der Waals surface area contributed by atoms with Gasteiger partial charge < -0.3 is 9.47 Å². The third-order valence-corrected chi connectivity index (χ3v) is 3.43. The highest BCUT2D eigenvalue weighted by molar-refractivity contribution is 6.14. The summed E-state index contributed by atoms with van der Waals surface area (Å²) in [5.41, 5.74) is -0.0321. The number of alkyl halides is 4. The van der Waals surface area contributed by atoms with E-state index in [9.17, 15) is 27.2 Å². The van der Waals surface area contributed by atoms with Crippen molar-refractivity contribution in [2.45, 2.75) is 25.1 Å². The molecular formula is C17H14F4N2O4. The number of Topliss-reactive ketones (excluding diaryl/α,β-unsaturated/α-hetero) is 2. The minimum absolute atomic E-state index is 0.0618. The SMILES string of the molecule is C=C(C=NC=NC)C(=O)CCC(=O)c1ccc2c(c1)OC(F)(F)C(F)(F)O2. The molecule has 0 aromatic heterocycles. The predicted octanol–water partition coefficient (Wildman–Crippen LogP) is 3.46. The standard InChI is InChI=1S/C17H14F4N2O4/c1-10(8-23-9-22-2)12(24)4-5-13(25)11-3-6-14-15(7-11)27-17(20,21)16(18,19)26-14/h3,6-9H,1,4-5H2,2H3. The van der Waals surface area contributed by atoms with E-state index in [-0.39, 0.29) is 24.0 Å². The molecule has 0 N–H and O–H groups in total. The van der Waals surface area contributed by atoms with E-state index in [0.717, 1.165) is 18.2 Å². The van der Waals surface area contributed by atoms with Gasteiger partial charge in [0, 0.05) is 37.2 Å². The van der Waals surface area contributed by atoms with E-state index in [1.54, 1.807) is 0 Å². The summed E-state index contributed by atoms with van der Waals surface area (Å²) >= 11 is 0. The number of hydrogen-bond donors (Lipinski definition) is 0. The molecular weight excluding hydrogens is 372 g/mol. The van der Waals surface area contributed by atoms with Crippen LogP contribution in [0.2, 0.25) is 0 Å². The van der Waals surface area contributed by atoms with Crippen molar-refractivity contribution in [1.82, 2.24) is 0 Å². The number of fused-ring (bicyclic) bond motifs is 1. The zero-order chi connectivity index (χ0) is 20.2. The summed E-state index contributed by atoms with van der Waals surface area (Å²) < 4.78 is 60.5. The van der Waals surface area contributed by atoms with Gasteiger partial charge in [0.05, 0.1) is 0 Å². The third kappa shape index (κ3) is 4.57. The van der Waals surface area contributed by atoms with Gasteiger partial charge in [-0.3, -0.25) is 14.6 Å². The minimum atomic E-state index is -4.88. The maximum Gasteiger partial charge on any atom is 0.507 e. The first-order valence-electron chi connectivity index (χ1n) is 7.54. The highest BCUT2D eigenvalue weighted by Gasteiger charge is 2.65. The van der Waals surface area contributed by atoms with E-state index in [4.69, 9.17) is 0 Å². The average molecular weight is 386 g/mol. The predicted molar refractivity (Wildman–Crippen MR) is 88.2 cm³/mol. The Kier molecular flexibility index (Phi) is 5.77. The fourth-order valence-electron chi connectivity index (χ4n) is 2.03. The van der Waals surface area contributed by atoms with E-state index in [1.807, 2.05) is 0 Å². The van der Waals surface area contributed by atoms with Crippen molar-refractivity contribution < 1.29 is 36.6 Å². The second kappa shape index (κ2) is 7.68. The molecule has 0 bridgehead atoms. The monoisotopic (exact) mass is 386 g/mol. The van der Waals surface area contributed by atoms with E-state index in [2.05, 4.69) is 26.0 Å². The second-order valence-electron chi connectivity index (χ2n) is 5.42. The number of ketones is 2. The maximum atomic E-state index is 13.2. The van der Waals surface area contributed by atoms with Crippen LogP contribution in [0.3, 0.4) is 0 Å². The number of aliphatic imine (C=N–C) groups is 2. The van der Waals surface area contributed by atoms with Crippen LogP contribution in [0, 0.1) is 0 Å². The Bertz CT molecular complexity index is 834. The van der Waals surface area contributed by atoms with Gasteiger partial charge in [0.25, 0.3) is 0 Å². The Morgan fingerprint density at radius 3 is 2.37 bits per heavy atom. The number of ether oxygens (including phenoxy) is 2. The number of carbonyl (C=O) groups excluding carboxylic acids is 2. The van der Waals surface area contributed by atoms with Gasteiger partial charge in [0.1, 0.15) is 6.34 Å². The molecule has 0 spiro atoms. The summed E-state index contributed by atoms with van der Waals surface area (Å²) in [6, 6.07) is 2.89. The molecule has 0 saturated carbocycles. The van der Waals surface area contributed by atoms with Gasteiger partial charge in [-0.15, -0.1) is 0 Å². The lowest BCUT2D eigenvalue weighted by Crippen LogP contribution is -2.52. The number of benzene rings is 1. The number of halogens is 4. The first kappa shape index (κ1) is 20.3. The molecule has 1 aliphatic heterocycles. The van der Waals surface area contributed by atoms with Gasteiger partial charge in [-0.25, -0.2) is 4.99 Å². The van der Waals surface area contributed by atoms with Crippen LogP contribution in [0.4, 0.5) is 17.6 Å². The van der Waals surface area contributed by atoms with E-state index < -0.39 is 35.3 Å². The van der Waals surface area contributed by atoms with Crippen molar-refractivity contribution in [2.24, 2.45) is 9.98 Å². The van der Waals surface area contributed by atoms with Crippen LogP contribution >= 0.6 is 0 Å². The molecule has 0 aliphatic carbocycles. The molecule has 0 saturated heterocycles. The topological polar surface area (TPSA) is 77.3 Å². The first-order chi connectivity index (χ1) is 12.6. The first-order valence-corrected chi connectivity index (χ1v) is 7.54. The molecule has 1 aromatic rings. The van der Waals surface area contributed by atoms with Gasteiger partial charge in [-0.1, -0.05) is 6.58 Å². The minimum Gasteiger partial charge on any atom is -0.421 e. The maximum absolute atomic E-state index is 13.2. The number of carbonyl (C=O) groups is 2. The molecule has 0 amide bonds. The van der Waals surface area contributed by atoms with E-state index in [1.165, 1.54) is 19.6 Å². The molecule has 0 unspecified atom stereocenters. The number of rotatable bonds is 7. The number of hydrogen-bond acceptors (Lipinski definition) is 5. The molecule has 6 nitrogen and oxygen atoms in total. The van der Waals surface area contributed by atoms with Gasteiger partial charge >= 0.3 is 12.2 Å². The number of nitrogens with zero attached hydrogens (tertiary/aromatic N) is 2. The largest absolute Gasteiger partial charge is 0.507 e. The fraction of sp³-hybridized carbons (Fsp3) is 0.294. The molecule has 1 heterocycles. The quantitative estimate of drug-likeness (QED) is 0.236. The van der Waals surface area contributed by atoms with Gasteiger partial charge in [0.2, 0.25) is 0 Å². The molecule has 27 heavy (non-hydrogen) atoms. The molecule has 0 atom stereocenters. The highest BCUT2D eigenvalue weighted by Crippen LogP contribution is 2.47. The smallest absolute Gasteiger partial charge is 0.421 e. The normalized spacial score (nSPS) is 17.2. The molecule has 144 valence electrons. The van der Waals surface area contributed by atoms with Crippen molar-refractivity contribution in [2.75, 3.05) is 7.05 Å². The lowest BCUT2D eigenvalue weighted by atomic mass is 10.0. The molecule has 1 aromatic carbocycles. The third-order valence-electron chi connectivity index (χ3n) is 3.43. The summed E-state index contributed by atoms with van der Waals surface area (Å²) in [5.74, 6) is -2.34. The Labute approximate surface area is 151 Å². The fourth-order valence-corrected chi connectivity index (χ4v) is 2.03. The van der Waals surface area contributed by atoms with E-state index >= 15 is 0 Å². The Morgan fingerprint density at radius 2 is 1.74 bits per heavy atom. The van der Waals surface area contributed by atoms with Crippen LogP contribution in [-0.2, 0) is 4.79 Å². The van der Waals surface area contributed by atoms with Crippen molar-refractivity contribution in [3.63, 3.8) is 0 Å². The lowest BCUT2D eigenvalue weighted by molar-refractivity contribution is -0.391. The number of allylic oxidation sites excluding steroid dienone is 1. The van der Waals surface area contributed by atoms with Crippen LogP contribution in [0.1, 0.15) is 23.2 Å². The van der Waals surface area contributed by atoms with Crippen molar-refractivity contribution in [1.29, 1.82) is 0 Å². The Hall–Kier alpha value is -3.04. The van der Waals surface area contributed by atoms with Gasteiger partial charge in [-0.05, 0) is 18.2 Å².